The third kappa shape index (κ3) is 2.69. The fraction of sp³-hybridized carbons (Fsp3) is 0.375. The number of anilines is 1. The van der Waals surface area contributed by atoms with Gasteiger partial charge in [-0.2, -0.15) is 0 Å². The number of hydrogen-bond donors (Lipinski definition) is 1. The summed E-state index contributed by atoms with van der Waals surface area (Å²) in [5, 5.41) is 3.12. The second-order valence-corrected chi connectivity index (χ2v) is 4.65. The van der Waals surface area contributed by atoms with Crippen LogP contribution in [0.5, 0.6) is 0 Å². The van der Waals surface area contributed by atoms with Crippen LogP contribution in [0.15, 0.2) is 23.4 Å². The Morgan fingerprint density at radius 3 is 2.77 bits per heavy atom. The molecule has 0 unspecified atom stereocenters. The third-order valence-corrected chi connectivity index (χ3v) is 2.48. The van der Waals surface area contributed by atoms with Crippen LogP contribution in [-0.2, 0) is 9.84 Å². The molecule has 0 aliphatic carbocycles. The third-order valence-electron chi connectivity index (χ3n) is 1.50. The van der Waals surface area contributed by atoms with E-state index in [9.17, 15) is 8.42 Å². The maximum absolute atomic E-state index is 11.1. The minimum absolute atomic E-state index is 0.103. The fourth-order valence-corrected chi connectivity index (χ4v) is 1.52. The molecule has 0 saturated carbocycles. The first-order valence-electron chi connectivity index (χ1n) is 3.94. The van der Waals surface area contributed by atoms with Gasteiger partial charge in [-0.15, -0.1) is 0 Å². The number of pyridine rings is 1. The molecule has 0 aliphatic heterocycles. The molecule has 0 fully saturated rings. The minimum Gasteiger partial charge on any atom is -0.385 e. The Bertz CT molecular complexity index is 387. The fourth-order valence-electron chi connectivity index (χ4n) is 0.926. The summed E-state index contributed by atoms with van der Waals surface area (Å²) in [6, 6.07) is 3.26. The van der Waals surface area contributed by atoms with Crippen molar-refractivity contribution in [2.45, 2.75) is 11.9 Å². The van der Waals surface area contributed by atoms with E-state index < -0.39 is 9.84 Å². The SMILES string of the molecule is CCNc1ccnc(S(C)(=O)=O)c1. The zero-order valence-corrected chi connectivity index (χ0v) is 8.43. The lowest BCUT2D eigenvalue weighted by atomic mass is 10.4. The summed E-state index contributed by atoms with van der Waals surface area (Å²) in [4.78, 5) is 3.76. The molecule has 0 bridgehead atoms. The van der Waals surface area contributed by atoms with E-state index in [1.807, 2.05) is 6.92 Å². The lowest BCUT2D eigenvalue weighted by Gasteiger charge is -2.03. The van der Waals surface area contributed by atoms with Crippen molar-refractivity contribution < 1.29 is 8.42 Å². The van der Waals surface area contributed by atoms with Gasteiger partial charge in [0.1, 0.15) is 0 Å². The minimum atomic E-state index is -3.19. The van der Waals surface area contributed by atoms with Gasteiger partial charge in [-0.25, -0.2) is 13.4 Å². The average molecular weight is 200 g/mol. The Balaban J connectivity index is 3.06. The number of nitrogens with zero attached hydrogens (tertiary/aromatic N) is 1. The predicted octanol–water partition coefficient (Wildman–Crippen LogP) is 0.917. The van der Waals surface area contributed by atoms with Crippen molar-refractivity contribution in [2.24, 2.45) is 0 Å². The van der Waals surface area contributed by atoms with Crippen molar-refractivity contribution >= 4 is 15.5 Å². The first kappa shape index (κ1) is 9.98. The first-order chi connectivity index (χ1) is 6.04. The molecule has 0 spiro atoms. The average Bonchev–Trinajstić information content (AvgIpc) is 2.04. The molecule has 1 heterocycles. The second-order valence-electron chi connectivity index (χ2n) is 2.69. The topological polar surface area (TPSA) is 59.1 Å². The summed E-state index contributed by atoms with van der Waals surface area (Å²) in [6.07, 6.45) is 2.62. The molecule has 5 heteroatoms. The van der Waals surface area contributed by atoms with Gasteiger partial charge in [0, 0.05) is 24.7 Å². The van der Waals surface area contributed by atoms with Crippen LogP contribution in [0, 0.1) is 0 Å². The van der Waals surface area contributed by atoms with Gasteiger partial charge in [-0.1, -0.05) is 0 Å². The lowest BCUT2D eigenvalue weighted by Crippen LogP contribution is -2.03. The quantitative estimate of drug-likeness (QED) is 0.788. The Hall–Kier alpha value is -1.10. The first-order valence-corrected chi connectivity index (χ1v) is 5.83. The molecule has 13 heavy (non-hydrogen) atoms. The highest BCUT2D eigenvalue weighted by atomic mass is 32.2. The van der Waals surface area contributed by atoms with E-state index in [-0.39, 0.29) is 5.03 Å². The van der Waals surface area contributed by atoms with Crippen molar-refractivity contribution in [1.29, 1.82) is 0 Å². The van der Waals surface area contributed by atoms with Crippen molar-refractivity contribution in [3.63, 3.8) is 0 Å². The zero-order valence-electron chi connectivity index (χ0n) is 7.61. The summed E-state index contributed by atoms with van der Waals surface area (Å²) in [7, 11) is -3.19. The molecular weight excluding hydrogens is 188 g/mol. The van der Waals surface area contributed by atoms with E-state index in [0.29, 0.717) is 0 Å². The highest BCUT2D eigenvalue weighted by molar-refractivity contribution is 7.90. The van der Waals surface area contributed by atoms with Gasteiger partial charge in [0.2, 0.25) is 0 Å². The molecule has 0 aliphatic rings. The summed E-state index contributed by atoms with van der Waals surface area (Å²) in [5.74, 6) is 0. The van der Waals surface area contributed by atoms with E-state index in [2.05, 4.69) is 10.3 Å². The predicted molar refractivity (Wildman–Crippen MR) is 51.5 cm³/mol. The van der Waals surface area contributed by atoms with Crippen LogP contribution in [0.1, 0.15) is 6.92 Å². The van der Waals surface area contributed by atoms with Crippen molar-refractivity contribution in [3.05, 3.63) is 18.3 Å². The highest BCUT2D eigenvalue weighted by Gasteiger charge is 2.08. The zero-order chi connectivity index (χ0) is 9.90. The number of rotatable bonds is 3. The van der Waals surface area contributed by atoms with Gasteiger partial charge in [-0.05, 0) is 19.1 Å². The number of hydrogen-bond acceptors (Lipinski definition) is 4. The van der Waals surface area contributed by atoms with Crippen molar-refractivity contribution in [1.82, 2.24) is 4.98 Å². The molecule has 1 aromatic heterocycles. The Morgan fingerprint density at radius 1 is 1.54 bits per heavy atom. The number of sulfone groups is 1. The maximum atomic E-state index is 11.1. The molecule has 0 atom stereocenters. The van der Waals surface area contributed by atoms with E-state index in [4.69, 9.17) is 0 Å². The molecular formula is C8H12N2O2S. The Kier molecular flexibility index (Phi) is 2.87. The van der Waals surface area contributed by atoms with Crippen LogP contribution in [-0.4, -0.2) is 26.2 Å². The molecule has 1 rings (SSSR count). The molecule has 72 valence electrons. The van der Waals surface area contributed by atoms with Crippen LogP contribution in [0.25, 0.3) is 0 Å². The van der Waals surface area contributed by atoms with Crippen molar-refractivity contribution in [2.75, 3.05) is 18.1 Å². The highest BCUT2D eigenvalue weighted by Crippen LogP contribution is 2.11. The largest absolute Gasteiger partial charge is 0.385 e. The van der Waals surface area contributed by atoms with Gasteiger partial charge < -0.3 is 5.32 Å². The normalized spacial score (nSPS) is 11.2. The Morgan fingerprint density at radius 2 is 2.23 bits per heavy atom. The summed E-state index contributed by atoms with van der Waals surface area (Å²) < 4.78 is 22.2. The molecule has 1 aromatic rings. The maximum Gasteiger partial charge on any atom is 0.192 e. The summed E-state index contributed by atoms with van der Waals surface area (Å²) >= 11 is 0. The van der Waals surface area contributed by atoms with Crippen LogP contribution < -0.4 is 5.32 Å². The van der Waals surface area contributed by atoms with Crippen LogP contribution in [0.4, 0.5) is 5.69 Å². The van der Waals surface area contributed by atoms with E-state index >= 15 is 0 Å². The monoisotopic (exact) mass is 200 g/mol. The van der Waals surface area contributed by atoms with Crippen LogP contribution >= 0.6 is 0 Å². The molecule has 0 aromatic carbocycles. The van der Waals surface area contributed by atoms with Gasteiger partial charge in [0.25, 0.3) is 0 Å². The van der Waals surface area contributed by atoms with Crippen LogP contribution in [0.2, 0.25) is 0 Å². The summed E-state index contributed by atoms with van der Waals surface area (Å²) in [6.45, 7) is 2.70. The van der Waals surface area contributed by atoms with Gasteiger partial charge in [0.15, 0.2) is 14.9 Å². The van der Waals surface area contributed by atoms with E-state index in [0.717, 1.165) is 18.5 Å². The molecule has 0 radical (unpaired) electrons. The molecule has 4 nitrogen and oxygen atoms in total. The molecule has 0 saturated heterocycles. The van der Waals surface area contributed by atoms with E-state index in [1.165, 1.54) is 12.3 Å². The van der Waals surface area contributed by atoms with Gasteiger partial charge in [0.05, 0.1) is 0 Å². The Labute approximate surface area is 77.9 Å². The lowest BCUT2D eigenvalue weighted by molar-refractivity contribution is 0.598. The van der Waals surface area contributed by atoms with Gasteiger partial charge >= 0.3 is 0 Å². The molecule has 0 amide bonds. The van der Waals surface area contributed by atoms with Gasteiger partial charge in [-0.3, -0.25) is 0 Å². The van der Waals surface area contributed by atoms with E-state index in [1.54, 1.807) is 6.07 Å². The van der Waals surface area contributed by atoms with Crippen molar-refractivity contribution in [3.8, 4) is 0 Å². The number of aromatic nitrogens is 1. The van der Waals surface area contributed by atoms with Crippen LogP contribution in [0.3, 0.4) is 0 Å². The number of nitrogens with one attached hydrogen (secondary N) is 1. The smallest absolute Gasteiger partial charge is 0.192 e. The second kappa shape index (κ2) is 3.74. The summed E-state index contributed by atoms with van der Waals surface area (Å²) in [5.41, 5.74) is 0.776. The molecule has 1 N–H and O–H groups in total. The standard InChI is InChI=1S/C8H12N2O2S/c1-3-9-7-4-5-10-8(6-7)13(2,11)12/h4-6H,3H2,1-2H3,(H,9,10).